The van der Waals surface area contributed by atoms with Gasteiger partial charge in [-0.2, -0.15) is 0 Å². The van der Waals surface area contributed by atoms with Crippen molar-refractivity contribution in [2.24, 2.45) is 0 Å². The molecule has 220 valence electrons. The molecule has 0 aromatic heterocycles. The highest BCUT2D eigenvalue weighted by molar-refractivity contribution is 7.92. The van der Waals surface area contributed by atoms with E-state index < -0.39 is 28.5 Å². The number of sulfonamides is 1. The fourth-order valence-electron chi connectivity index (χ4n) is 4.49. The van der Waals surface area contributed by atoms with Crippen molar-refractivity contribution >= 4 is 27.5 Å². The highest BCUT2D eigenvalue weighted by atomic mass is 32.2. The molecule has 0 unspecified atom stereocenters. The third-order valence-corrected chi connectivity index (χ3v) is 8.46. The van der Waals surface area contributed by atoms with Crippen LogP contribution in [0.25, 0.3) is 0 Å². The third-order valence-electron chi connectivity index (χ3n) is 6.69. The van der Waals surface area contributed by atoms with Gasteiger partial charge in [0.15, 0.2) is 11.5 Å². The minimum atomic E-state index is -4.22. The van der Waals surface area contributed by atoms with E-state index in [2.05, 4.69) is 5.32 Å². The molecule has 9 nitrogen and oxygen atoms in total. The lowest BCUT2D eigenvalue weighted by Crippen LogP contribution is -2.53. The van der Waals surface area contributed by atoms with Crippen molar-refractivity contribution in [2.75, 3.05) is 38.2 Å². The van der Waals surface area contributed by atoms with E-state index in [1.165, 1.54) is 37.3 Å². The van der Waals surface area contributed by atoms with Crippen LogP contribution in [0.4, 0.5) is 5.69 Å². The molecule has 0 aliphatic rings. The predicted molar refractivity (Wildman–Crippen MR) is 160 cm³/mol. The minimum absolute atomic E-state index is 0.0598. The first-order chi connectivity index (χ1) is 19.8. The Morgan fingerprint density at radius 3 is 2.10 bits per heavy atom. The summed E-state index contributed by atoms with van der Waals surface area (Å²) >= 11 is 0. The van der Waals surface area contributed by atoms with Gasteiger partial charge >= 0.3 is 0 Å². The van der Waals surface area contributed by atoms with Gasteiger partial charge in [0.2, 0.25) is 11.8 Å². The molecule has 1 atom stereocenters. The molecule has 41 heavy (non-hydrogen) atoms. The van der Waals surface area contributed by atoms with Crippen LogP contribution in [0.2, 0.25) is 0 Å². The zero-order chi connectivity index (χ0) is 29.8. The predicted octanol–water partition coefficient (Wildman–Crippen LogP) is 4.28. The van der Waals surface area contributed by atoms with Crippen LogP contribution in [0.15, 0.2) is 83.8 Å². The Labute approximate surface area is 243 Å². The van der Waals surface area contributed by atoms with Gasteiger partial charge in [0.05, 0.1) is 24.8 Å². The molecule has 3 aromatic rings. The zero-order valence-electron chi connectivity index (χ0n) is 24.1. The Balaban J connectivity index is 2.01. The number of rotatable bonds is 15. The van der Waals surface area contributed by atoms with Gasteiger partial charge < -0.3 is 19.7 Å². The molecule has 0 spiro atoms. The van der Waals surface area contributed by atoms with Crippen molar-refractivity contribution in [3.63, 3.8) is 0 Å². The molecule has 10 heteroatoms. The topological polar surface area (TPSA) is 105 Å². The van der Waals surface area contributed by atoms with Crippen LogP contribution in [0, 0.1) is 0 Å². The molecule has 0 saturated carbocycles. The highest BCUT2D eigenvalue weighted by Crippen LogP contribution is 2.32. The van der Waals surface area contributed by atoms with Crippen molar-refractivity contribution in [1.29, 1.82) is 0 Å². The lowest BCUT2D eigenvalue weighted by molar-refractivity contribution is -0.139. The Morgan fingerprint density at radius 1 is 0.878 bits per heavy atom. The SMILES string of the molecule is CCCNC(=O)[C@H](CC)N(CCc1ccccc1)C(=O)CN(c1ccccc1)S(=O)(=O)c1ccc(OC)c(OC)c1. The minimum Gasteiger partial charge on any atom is -0.493 e. The van der Waals surface area contributed by atoms with Gasteiger partial charge in [-0.15, -0.1) is 0 Å². The number of carbonyl (C=O) groups is 2. The molecule has 3 rings (SSSR count). The van der Waals surface area contributed by atoms with Crippen LogP contribution >= 0.6 is 0 Å². The fourth-order valence-corrected chi connectivity index (χ4v) is 5.92. The van der Waals surface area contributed by atoms with Gasteiger partial charge in [0.1, 0.15) is 12.6 Å². The summed E-state index contributed by atoms with van der Waals surface area (Å²) in [5.41, 5.74) is 1.33. The van der Waals surface area contributed by atoms with Crippen molar-refractivity contribution in [3.05, 3.63) is 84.4 Å². The van der Waals surface area contributed by atoms with Crippen LogP contribution in [0.5, 0.6) is 11.5 Å². The highest BCUT2D eigenvalue weighted by Gasteiger charge is 2.33. The Bertz CT molecular complexity index is 1380. The molecule has 0 aliphatic heterocycles. The van der Waals surface area contributed by atoms with Gasteiger partial charge in [0, 0.05) is 19.2 Å². The second-order valence-electron chi connectivity index (χ2n) is 9.40. The number of para-hydroxylation sites is 1. The summed E-state index contributed by atoms with van der Waals surface area (Å²) in [5.74, 6) is -0.113. The van der Waals surface area contributed by atoms with E-state index in [4.69, 9.17) is 9.47 Å². The number of amides is 2. The van der Waals surface area contributed by atoms with Crippen LogP contribution in [0.3, 0.4) is 0 Å². The molecule has 0 saturated heterocycles. The largest absolute Gasteiger partial charge is 0.493 e. The lowest BCUT2D eigenvalue weighted by Gasteiger charge is -2.33. The van der Waals surface area contributed by atoms with Crippen molar-refractivity contribution in [3.8, 4) is 11.5 Å². The van der Waals surface area contributed by atoms with Gasteiger partial charge in [-0.1, -0.05) is 62.4 Å². The van der Waals surface area contributed by atoms with Crippen molar-refractivity contribution in [2.45, 2.75) is 44.0 Å². The average Bonchev–Trinajstić information content (AvgIpc) is 3.00. The molecule has 0 fully saturated rings. The monoisotopic (exact) mass is 581 g/mol. The van der Waals surface area contributed by atoms with Crippen LogP contribution < -0.4 is 19.1 Å². The standard InChI is InChI=1S/C31H39N3O6S/c1-5-20-32-31(36)27(6-2)33(21-19-24-13-9-7-10-14-24)30(35)23-34(25-15-11-8-12-16-25)41(37,38)26-17-18-28(39-3)29(22-26)40-4/h7-18,22,27H,5-6,19-21,23H2,1-4H3,(H,32,36)/t27-/m0/s1. The number of nitrogens with one attached hydrogen (secondary N) is 1. The number of ether oxygens (including phenoxy) is 2. The molecule has 3 aromatic carbocycles. The molecule has 0 bridgehead atoms. The Kier molecular flexibility index (Phi) is 11.6. The van der Waals surface area contributed by atoms with E-state index in [0.29, 0.717) is 30.8 Å². The van der Waals surface area contributed by atoms with E-state index in [1.54, 1.807) is 30.3 Å². The van der Waals surface area contributed by atoms with Crippen LogP contribution in [-0.4, -0.2) is 65.0 Å². The molecule has 1 N–H and O–H groups in total. The number of benzene rings is 3. The molecule has 0 radical (unpaired) electrons. The van der Waals surface area contributed by atoms with Gasteiger partial charge in [-0.05, 0) is 49.1 Å². The second-order valence-corrected chi connectivity index (χ2v) is 11.3. The summed E-state index contributed by atoms with van der Waals surface area (Å²) in [6.07, 6.45) is 1.65. The summed E-state index contributed by atoms with van der Waals surface area (Å²) in [6, 6.07) is 21.6. The normalized spacial score (nSPS) is 11.8. The number of hydrogen-bond donors (Lipinski definition) is 1. The maximum absolute atomic E-state index is 14.0. The fraction of sp³-hybridized carbons (Fsp3) is 0.355. The number of nitrogens with zero attached hydrogens (tertiary/aromatic N) is 2. The maximum atomic E-state index is 14.0. The molecular weight excluding hydrogens is 542 g/mol. The molecule has 0 heterocycles. The van der Waals surface area contributed by atoms with E-state index in [1.807, 2.05) is 44.2 Å². The average molecular weight is 582 g/mol. The van der Waals surface area contributed by atoms with E-state index in [9.17, 15) is 18.0 Å². The first-order valence-electron chi connectivity index (χ1n) is 13.7. The van der Waals surface area contributed by atoms with E-state index in [-0.39, 0.29) is 23.1 Å². The summed E-state index contributed by atoms with van der Waals surface area (Å²) in [5, 5.41) is 2.89. The summed E-state index contributed by atoms with van der Waals surface area (Å²) in [7, 11) is -1.34. The lowest BCUT2D eigenvalue weighted by atomic mass is 10.1. The third kappa shape index (κ3) is 8.00. The molecule has 2 amide bonds. The smallest absolute Gasteiger partial charge is 0.264 e. The van der Waals surface area contributed by atoms with Crippen molar-refractivity contribution < 1.29 is 27.5 Å². The summed E-state index contributed by atoms with van der Waals surface area (Å²) < 4.78 is 39.7. The number of carbonyl (C=O) groups excluding carboxylic acids is 2. The first-order valence-corrected chi connectivity index (χ1v) is 15.1. The molecule has 0 aliphatic carbocycles. The number of hydrogen-bond acceptors (Lipinski definition) is 6. The first kappa shape index (κ1) is 31.5. The number of anilines is 1. The van der Waals surface area contributed by atoms with Crippen LogP contribution in [-0.2, 0) is 26.0 Å². The van der Waals surface area contributed by atoms with E-state index in [0.717, 1.165) is 16.3 Å². The second kappa shape index (κ2) is 15.1. The quantitative estimate of drug-likeness (QED) is 0.287. The molecular formula is C31H39N3O6S. The zero-order valence-corrected chi connectivity index (χ0v) is 24.9. The Morgan fingerprint density at radius 2 is 1.51 bits per heavy atom. The van der Waals surface area contributed by atoms with Crippen molar-refractivity contribution in [1.82, 2.24) is 10.2 Å². The van der Waals surface area contributed by atoms with Crippen LogP contribution in [0.1, 0.15) is 32.3 Å². The van der Waals surface area contributed by atoms with Gasteiger partial charge in [-0.25, -0.2) is 8.42 Å². The summed E-state index contributed by atoms with van der Waals surface area (Å²) in [4.78, 5) is 28.6. The number of methoxy groups -OCH3 is 2. The summed E-state index contributed by atoms with van der Waals surface area (Å²) in [6.45, 7) is 4.04. The Hall–Kier alpha value is -4.05. The van der Waals surface area contributed by atoms with Gasteiger partial charge in [0.25, 0.3) is 10.0 Å². The van der Waals surface area contributed by atoms with E-state index >= 15 is 0 Å². The maximum Gasteiger partial charge on any atom is 0.264 e. The van der Waals surface area contributed by atoms with Gasteiger partial charge in [-0.3, -0.25) is 13.9 Å².